The number of hydrogen-bond acceptors (Lipinski definition) is 3. The van der Waals surface area contributed by atoms with E-state index >= 15 is 0 Å². The highest BCUT2D eigenvalue weighted by Crippen LogP contribution is 2.12. The molecular formula is C28H53NO2. The van der Waals surface area contributed by atoms with Crippen LogP contribution < -0.4 is 0 Å². The molecule has 0 aliphatic carbocycles. The summed E-state index contributed by atoms with van der Waals surface area (Å²) in [5.74, 6) is -0.0601. The second kappa shape index (κ2) is 25.2. The lowest BCUT2D eigenvalue weighted by atomic mass is 10.1. The third-order valence-corrected chi connectivity index (χ3v) is 5.62. The fourth-order valence-electron chi connectivity index (χ4n) is 3.55. The van der Waals surface area contributed by atoms with Crippen LogP contribution in [0.3, 0.4) is 0 Å². The molecule has 0 aliphatic heterocycles. The van der Waals surface area contributed by atoms with Crippen molar-refractivity contribution in [1.82, 2.24) is 4.90 Å². The Hall–Kier alpha value is -1.09. The van der Waals surface area contributed by atoms with Gasteiger partial charge >= 0.3 is 5.97 Å². The van der Waals surface area contributed by atoms with E-state index in [1.165, 1.54) is 96.3 Å². The number of hydrogen-bond donors (Lipinski definition) is 0. The number of allylic oxidation sites excluding steroid dienone is 4. The molecule has 0 aromatic carbocycles. The number of esters is 1. The highest BCUT2D eigenvalue weighted by atomic mass is 16.5. The lowest BCUT2D eigenvalue weighted by Crippen LogP contribution is -2.18. The number of nitrogens with zero attached hydrogens (tertiary/aromatic N) is 1. The van der Waals surface area contributed by atoms with Crippen molar-refractivity contribution < 1.29 is 9.53 Å². The number of carbonyl (C=O) groups excluding carboxylic acids is 1. The summed E-state index contributed by atoms with van der Waals surface area (Å²) in [7, 11) is 3.95. The maximum atomic E-state index is 11.5. The van der Waals surface area contributed by atoms with Crippen molar-refractivity contribution in [3.63, 3.8) is 0 Å². The Kier molecular flexibility index (Phi) is 24.3. The summed E-state index contributed by atoms with van der Waals surface area (Å²) in [6.07, 6.45) is 31.9. The average molecular weight is 436 g/mol. The van der Waals surface area contributed by atoms with E-state index in [0.29, 0.717) is 13.0 Å². The van der Waals surface area contributed by atoms with Crippen molar-refractivity contribution in [2.24, 2.45) is 0 Å². The molecule has 0 aromatic heterocycles. The average Bonchev–Trinajstić information content (AvgIpc) is 2.75. The fourth-order valence-corrected chi connectivity index (χ4v) is 3.55. The van der Waals surface area contributed by atoms with Gasteiger partial charge in [0, 0.05) is 6.54 Å². The van der Waals surface area contributed by atoms with Gasteiger partial charge in [-0.15, -0.1) is 0 Å². The van der Waals surface area contributed by atoms with E-state index in [1.54, 1.807) is 0 Å². The van der Waals surface area contributed by atoms with Gasteiger partial charge in [-0.3, -0.25) is 4.79 Å². The predicted molar refractivity (Wildman–Crippen MR) is 137 cm³/mol. The standard InChI is InChI=1S/C28H53NO2/c1-4-5-6-7-8-9-10-11-12-13-14-15-16-17-18-19-20-21-22-23-24-27-31-28(30)25-26-29(2)3/h8-9,11-12H,4-7,10,13-27H2,1-3H3. The van der Waals surface area contributed by atoms with Gasteiger partial charge in [0.25, 0.3) is 0 Å². The van der Waals surface area contributed by atoms with Crippen molar-refractivity contribution >= 4 is 5.97 Å². The molecule has 0 bridgehead atoms. The van der Waals surface area contributed by atoms with Crippen LogP contribution in [0.1, 0.15) is 122 Å². The van der Waals surface area contributed by atoms with E-state index in [0.717, 1.165) is 19.4 Å². The van der Waals surface area contributed by atoms with Crippen LogP contribution >= 0.6 is 0 Å². The number of ether oxygens (including phenoxy) is 1. The van der Waals surface area contributed by atoms with Crippen LogP contribution in [0.25, 0.3) is 0 Å². The van der Waals surface area contributed by atoms with Crippen molar-refractivity contribution in [2.75, 3.05) is 27.2 Å². The molecule has 0 aromatic rings. The molecule has 0 spiro atoms. The SMILES string of the molecule is CCCCCC=CCC=CCCCCCCCCCCCCCOC(=O)CCN(C)C. The molecule has 0 saturated heterocycles. The van der Waals surface area contributed by atoms with Crippen molar-refractivity contribution in [1.29, 1.82) is 0 Å². The van der Waals surface area contributed by atoms with Gasteiger partial charge in [0.2, 0.25) is 0 Å². The molecule has 0 N–H and O–H groups in total. The van der Waals surface area contributed by atoms with Gasteiger partial charge < -0.3 is 9.64 Å². The largest absolute Gasteiger partial charge is 0.466 e. The zero-order valence-electron chi connectivity index (χ0n) is 21.2. The van der Waals surface area contributed by atoms with Crippen LogP contribution in [0, 0.1) is 0 Å². The number of unbranched alkanes of at least 4 members (excludes halogenated alkanes) is 14. The number of carbonyl (C=O) groups is 1. The molecule has 3 heteroatoms. The lowest BCUT2D eigenvalue weighted by Gasteiger charge is -2.09. The summed E-state index contributed by atoms with van der Waals surface area (Å²) in [6.45, 7) is 3.62. The van der Waals surface area contributed by atoms with Crippen LogP contribution in [-0.2, 0) is 9.53 Å². The second-order valence-electron chi connectivity index (χ2n) is 9.13. The summed E-state index contributed by atoms with van der Waals surface area (Å²) in [5, 5.41) is 0. The summed E-state index contributed by atoms with van der Waals surface area (Å²) >= 11 is 0. The Morgan fingerprint density at radius 3 is 1.68 bits per heavy atom. The first-order chi connectivity index (χ1) is 15.2. The minimum Gasteiger partial charge on any atom is -0.466 e. The molecule has 31 heavy (non-hydrogen) atoms. The quantitative estimate of drug-likeness (QED) is 0.0919. The smallest absolute Gasteiger partial charge is 0.307 e. The zero-order valence-corrected chi connectivity index (χ0v) is 21.2. The molecule has 0 atom stereocenters. The molecular weight excluding hydrogens is 382 g/mol. The predicted octanol–water partition coefficient (Wildman–Crippen LogP) is 8.25. The third kappa shape index (κ3) is 26.9. The Morgan fingerprint density at radius 2 is 1.16 bits per heavy atom. The van der Waals surface area contributed by atoms with E-state index in [9.17, 15) is 4.79 Å². The maximum absolute atomic E-state index is 11.5. The van der Waals surface area contributed by atoms with Crippen molar-refractivity contribution in [3.8, 4) is 0 Å². The van der Waals surface area contributed by atoms with Crippen LogP contribution in [-0.4, -0.2) is 38.1 Å². The molecule has 0 saturated carbocycles. The summed E-state index contributed by atoms with van der Waals surface area (Å²) < 4.78 is 5.26. The minimum absolute atomic E-state index is 0.0601. The monoisotopic (exact) mass is 435 g/mol. The van der Waals surface area contributed by atoms with Gasteiger partial charge in [-0.2, -0.15) is 0 Å². The first-order valence-corrected chi connectivity index (χ1v) is 13.3. The molecule has 0 heterocycles. The highest BCUT2D eigenvalue weighted by molar-refractivity contribution is 5.69. The Bertz CT molecular complexity index is 429. The van der Waals surface area contributed by atoms with Crippen LogP contribution in [0.4, 0.5) is 0 Å². The Balaban J connectivity index is 3.18. The Morgan fingerprint density at radius 1 is 0.677 bits per heavy atom. The topological polar surface area (TPSA) is 29.5 Å². The van der Waals surface area contributed by atoms with E-state index in [2.05, 4.69) is 31.2 Å². The van der Waals surface area contributed by atoms with Crippen molar-refractivity contribution in [3.05, 3.63) is 24.3 Å². The van der Waals surface area contributed by atoms with E-state index < -0.39 is 0 Å². The van der Waals surface area contributed by atoms with E-state index in [4.69, 9.17) is 4.74 Å². The first kappa shape index (κ1) is 29.9. The fraction of sp³-hybridized carbons (Fsp3) is 0.821. The molecule has 0 unspecified atom stereocenters. The second-order valence-corrected chi connectivity index (χ2v) is 9.13. The highest BCUT2D eigenvalue weighted by Gasteiger charge is 2.03. The molecule has 0 amide bonds. The first-order valence-electron chi connectivity index (χ1n) is 13.3. The minimum atomic E-state index is -0.0601. The van der Waals surface area contributed by atoms with E-state index in [1.807, 2.05) is 19.0 Å². The van der Waals surface area contributed by atoms with Gasteiger partial charge in [-0.05, 0) is 52.6 Å². The van der Waals surface area contributed by atoms with Gasteiger partial charge in [0.15, 0.2) is 0 Å². The summed E-state index contributed by atoms with van der Waals surface area (Å²) in [5.41, 5.74) is 0. The molecule has 0 aliphatic rings. The summed E-state index contributed by atoms with van der Waals surface area (Å²) in [6, 6.07) is 0. The molecule has 0 fully saturated rings. The lowest BCUT2D eigenvalue weighted by molar-refractivity contribution is -0.144. The van der Waals surface area contributed by atoms with E-state index in [-0.39, 0.29) is 5.97 Å². The Labute approximate surface area is 194 Å². The summed E-state index contributed by atoms with van der Waals surface area (Å²) in [4.78, 5) is 13.5. The third-order valence-electron chi connectivity index (χ3n) is 5.62. The molecule has 0 rings (SSSR count). The number of rotatable bonds is 23. The molecule has 182 valence electrons. The molecule has 0 radical (unpaired) electrons. The maximum Gasteiger partial charge on any atom is 0.307 e. The normalized spacial score (nSPS) is 11.9. The van der Waals surface area contributed by atoms with Gasteiger partial charge in [-0.25, -0.2) is 0 Å². The molecule has 3 nitrogen and oxygen atoms in total. The van der Waals surface area contributed by atoms with Gasteiger partial charge in [0.05, 0.1) is 13.0 Å². The zero-order chi connectivity index (χ0) is 22.8. The van der Waals surface area contributed by atoms with Gasteiger partial charge in [0.1, 0.15) is 0 Å². The van der Waals surface area contributed by atoms with Crippen LogP contribution in [0.15, 0.2) is 24.3 Å². The van der Waals surface area contributed by atoms with Crippen LogP contribution in [0.5, 0.6) is 0 Å². The van der Waals surface area contributed by atoms with Crippen molar-refractivity contribution in [2.45, 2.75) is 122 Å². The van der Waals surface area contributed by atoms with Gasteiger partial charge in [-0.1, -0.05) is 102 Å². The van der Waals surface area contributed by atoms with Crippen LogP contribution in [0.2, 0.25) is 0 Å².